The van der Waals surface area contributed by atoms with Crippen molar-refractivity contribution in [1.82, 2.24) is 0 Å². The molecule has 0 unspecified atom stereocenters. The van der Waals surface area contributed by atoms with Gasteiger partial charge in [0.2, 0.25) is 0 Å². The standard InChI is InChI=1S/C16H13Cl2NO/c1-20-14-5-2-11(3-6-14)8-12(10-19)15-7-4-13(17)9-16(15)18/h2-7,9,12H,8H2,1H3/t12-/m1/s1. The second kappa shape index (κ2) is 6.65. The van der Waals surface area contributed by atoms with Gasteiger partial charge in [-0.25, -0.2) is 0 Å². The number of hydrogen-bond acceptors (Lipinski definition) is 2. The van der Waals surface area contributed by atoms with Crippen molar-refractivity contribution in [3.8, 4) is 11.8 Å². The minimum Gasteiger partial charge on any atom is -0.497 e. The molecule has 0 radical (unpaired) electrons. The van der Waals surface area contributed by atoms with Crippen molar-refractivity contribution in [2.24, 2.45) is 0 Å². The molecule has 102 valence electrons. The van der Waals surface area contributed by atoms with Gasteiger partial charge in [0, 0.05) is 10.0 Å². The van der Waals surface area contributed by atoms with Gasteiger partial charge in [-0.15, -0.1) is 0 Å². The lowest BCUT2D eigenvalue weighted by molar-refractivity contribution is 0.414. The van der Waals surface area contributed by atoms with Gasteiger partial charge in [0.1, 0.15) is 5.75 Å². The van der Waals surface area contributed by atoms with Crippen LogP contribution >= 0.6 is 23.2 Å². The quantitative estimate of drug-likeness (QED) is 0.808. The third kappa shape index (κ3) is 3.45. The fourth-order valence-electron chi connectivity index (χ4n) is 2.01. The minimum atomic E-state index is -0.298. The zero-order valence-electron chi connectivity index (χ0n) is 10.9. The summed E-state index contributed by atoms with van der Waals surface area (Å²) in [6.07, 6.45) is 0.599. The SMILES string of the molecule is COc1ccc(C[C@H](C#N)c2ccc(Cl)cc2Cl)cc1. The van der Waals surface area contributed by atoms with Crippen LogP contribution in [0.3, 0.4) is 0 Å². The third-order valence-corrected chi connectivity index (χ3v) is 3.66. The highest BCUT2D eigenvalue weighted by atomic mass is 35.5. The Morgan fingerprint density at radius 1 is 1.15 bits per heavy atom. The first kappa shape index (κ1) is 14.7. The molecule has 2 rings (SSSR count). The van der Waals surface area contributed by atoms with E-state index in [0.717, 1.165) is 16.9 Å². The monoisotopic (exact) mass is 305 g/mol. The molecule has 0 N–H and O–H groups in total. The van der Waals surface area contributed by atoms with Gasteiger partial charge in [0.25, 0.3) is 0 Å². The van der Waals surface area contributed by atoms with Crippen LogP contribution in [-0.2, 0) is 6.42 Å². The molecule has 0 aliphatic heterocycles. The van der Waals surface area contributed by atoms with E-state index >= 15 is 0 Å². The first-order valence-corrected chi connectivity index (χ1v) is 6.87. The smallest absolute Gasteiger partial charge is 0.118 e. The Balaban J connectivity index is 2.22. The van der Waals surface area contributed by atoms with Gasteiger partial charge in [-0.2, -0.15) is 5.26 Å². The second-order valence-electron chi connectivity index (χ2n) is 4.40. The maximum absolute atomic E-state index is 9.37. The fraction of sp³-hybridized carbons (Fsp3) is 0.188. The van der Waals surface area contributed by atoms with Gasteiger partial charge in [-0.05, 0) is 41.8 Å². The van der Waals surface area contributed by atoms with E-state index in [9.17, 15) is 5.26 Å². The molecular formula is C16H13Cl2NO. The van der Waals surface area contributed by atoms with Gasteiger partial charge in [-0.3, -0.25) is 0 Å². The summed E-state index contributed by atoms with van der Waals surface area (Å²) in [7, 11) is 1.63. The Labute approximate surface area is 128 Å². The molecule has 2 aromatic carbocycles. The van der Waals surface area contributed by atoms with E-state index in [2.05, 4.69) is 6.07 Å². The molecule has 0 aliphatic carbocycles. The zero-order valence-corrected chi connectivity index (χ0v) is 12.4. The summed E-state index contributed by atoms with van der Waals surface area (Å²) in [5.74, 6) is 0.500. The molecule has 0 fully saturated rings. The molecule has 0 bridgehead atoms. The third-order valence-electron chi connectivity index (χ3n) is 3.09. The first-order chi connectivity index (χ1) is 9.63. The summed E-state index contributed by atoms with van der Waals surface area (Å²) < 4.78 is 5.12. The summed E-state index contributed by atoms with van der Waals surface area (Å²) in [5.41, 5.74) is 1.86. The summed E-state index contributed by atoms with van der Waals surface area (Å²) in [5, 5.41) is 10.5. The molecule has 0 saturated heterocycles. The van der Waals surface area contributed by atoms with E-state index < -0.39 is 0 Å². The van der Waals surface area contributed by atoms with Gasteiger partial charge >= 0.3 is 0 Å². The van der Waals surface area contributed by atoms with E-state index in [-0.39, 0.29) is 5.92 Å². The molecule has 20 heavy (non-hydrogen) atoms. The highest BCUT2D eigenvalue weighted by Gasteiger charge is 2.15. The van der Waals surface area contributed by atoms with Crippen molar-refractivity contribution in [2.45, 2.75) is 12.3 Å². The number of halogens is 2. The van der Waals surface area contributed by atoms with E-state index in [1.54, 1.807) is 19.2 Å². The van der Waals surface area contributed by atoms with Crippen molar-refractivity contribution in [1.29, 1.82) is 5.26 Å². The summed E-state index contributed by atoms with van der Waals surface area (Å²) in [4.78, 5) is 0. The topological polar surface area (TPSA) is 33.0 Å². The maximum Gasteiger partial charge on any atom is 0.118 e. The van der Waals surface area contributed by atoms with Gasteiger partial charge in [-0.1, -0.05) is 41.4 Å². The lowest BCUT2D eigenvalue weighted by Gasteiger charge is -2.12. The van der Waals surface area contributed by atoms with Gasteiger partial charge < -0.3 is 4.74 Å². The van der Waals surface area contributed by atoms with Crippen molar-refractivity contribution < 1.29 is 4.74 Å². The normalized spacial score (nSPS) is 11.7. The van der Waals surface area contributed by atoms with Crippen LogP contribution in [0.25, 0.3) is 0 Å². The second-order valence-corrected chi connectivity index (χ2v) is 5.24. The van der Waals surface area contributed by atoms with Crippen LogP contribution in [0.15, 0.2) is 42.5 Å². The number of hydrogen-bond donors (Lipinski definition) is 0. The lowest BCUT2D eigenvalue weighted by atomic mass is 9.93. The number of nitriles is 1. The van der Waals surface area contributed by atoms with Crippen LogP contribution in [0, 0.1) is 11.3 Å². The van der Waals surface area contributed by atoms with E-state index in [1.807, 2.05) is 30.3 Å². The summed E-state index contributed by atoms with van der Waals surface area (Å²) in [6, 6.07) is 15.2. The predicted octanol–water partition coefficient (Wildman–Crippen LogP) is 4.85. The fourth-order valence-corrected chi connectivity index (χ4v) is 2.55. The maximum atomic E-state index is 9.37. The Hall–Kier alpha value is -1.69. The van der Waals surface area contributed by atoms with Crippen LogP contribution in [-0.4, -0.2) is 7.11 Å². The van der Waals surface area contributed by atoms with Crippen LogP contribution in [0.4, 0.5) is 0 Å². The van der Waals surface area contributed by atoms with Gasteiger partial charge in [0.05, 0.1) is 19.1 Å². The lowest BCUT2D eigenvalue weighted by Crippen LogP contribution is -2.01. The zero-order chi connectivity index (χ0) is 14.5. The van der Waals surface area contributed by atoms with E-state index in [1.165, 1.54) is 0 Å². The van der Waals surface area contributed by atoms with Crippen molar-refractivity contribution >= 4 is 23.2 Å². The number of rotatable bonds is 4. The summed E-state index contributed by atoms with van der Waals surface area (Å²) >= 11 is 12.0. The Bertz CT molecular complexity index is 632. The van der Waals surface area contributed by atoms with Crippen LogP contribution < -0.4 is 4.74 Å². The molecule has 0 spiro atoms. The highest BCUT2D eigenvalue weighted by molar-refractivity contribution is 6.35. The van der Waals surface area contributed by atoms with E-state index in [4.69, 9.17) is 27.9 Å². The molecule has 0 saturated carbocycles. The largest absolute Gasteiger partial charge is 0.497 e. The average molecular weight is 306 g/mol. The van der Waals surface area contributed by atoms with Gasteiger partial charge in [0.15, 0.2) is 0 Å². The number of ether oxygens (including phenoxy) is 1. The molecule has 2 nitrogen and oxygen atoms in total. The van der Waals surface area contributed by atoms with Crippen LogP contribution in [0.1, 0.15) is 17.0 Å². The molecule has 0 aliphatic rings. The average Bonchev–Trinajstić information content (AvgIpc) is 2.46. The van der Waals surface area contributed by atoms with Crippen LogP contribution in [0.2, 0.25) is 10.0 Å². The number of methoxy groups -OCH3 is 1. The summed E-state index contributed by atoms with van der Waals surface area (Å²) in [6.45, 7) is 0. The number of benzene rings is 2. The molecule has 2 aromatic rings. The van der Waals surface area contributed by atoms with Crippen molar-refractivity contribution in [3.63, 3.8) is 0 Å². The minimum absolute atomic E-state index is 0.298. The van der Waals surface area contributed by atoms with Crippen molar-refractivity contribution in [3.05, 3.63) is 63.6 Å². The molecule has 0 aromatic heterocycles. The molecule has 1 atom stereocenters. The number of nitrogens with zero attached hydrogens (tertiary/aromatic N) is 1. The molecule has 0 heterocycles. The van der Waals surface area contributed by atoms with E-state index in [0.29, 0.717) is 16.5 Å². The molecule has 4 heteroatoms. The van der Waals surface area contributed by atoms with Crippen molar-refractivity contribution in [2.75, 3.05) is 7.11 Å². The van der Waals surface area contributed by atoms with Crippen LogP contribution in [0.5, 0.6) is 5.75 Å². The first-order valence-electron chi connectivity index (χ1n) is 6.11. The Morgan fingerprint density at radius 2 is 1.85 bits per heavy atom. The Morgan fingerprint density at radius 3 is 2.40 bits per heavy atom. The predicted molar refractivity (Wildman–Crippen MR) is 81.5 cm³/mol. The molecule has 0 amide bonds. The Kier molecular flexibility index (Phi) is 4.89. The molecular weight excluding hydrogens is 293 g/mol. The highest BCUT2D eigenvalue weighted by Crippen LogP contribution is 2.29.